The van der Waals surface area contributed by atoms with E-state index in [0.717, 1.165) is 30.4 Å². The Labute approximate surface area is 205 Å². The minimum Gasteiger partial charge on any atom is -0.348 e. The summed E-state index contributed by atoms with van der Waals surface area (Å²) >= 11 is 0. The average Bonchev–Trinajstić information content (AvgIpc) is 2.87. The Balaban J connectivity index is 1.42. The van der Waals surface area contributed by atoms with Crippen LogP contribution in [0.25, 0.3) is 0 Å². The normalized spacial score (nSPS) is 18.1. The standard InChI is InChI=1S/C27H27N3O4S/c31-25-16-13-20-17-21(14-15-23(20)28-25)35(33,34)30-26(19-8-2-1-3-9-19)27(32)29-24-12-6-10-18-7-4-5-11-22(18)24/h1-5,7-9,11,14-15,17,24,26,30H,6,10,12-13,16H2,(H,28,31)(H,29,32)/t24-,26-/m0/s1. The van der Waals surface area contributed by atoms with Crippen LogP contribution in [0.15, 0.2) is 77.7 Å². The second-order valence-electron chi connectivity index (χ2n) is 8.98. The molecular formula is C27H27N3O4S. The Morgan fingerprint density at radius 2 is 1.69 bits per heavy atom. The van der Waals surface area contributed by atoms with E-state index in [0.29, 0.717) is 24.1 Å². The molecule has 1 aliphatic heterocycles. The van der Waals surface area contributed by atoms with Crippen molar-refractivity contribution in [3.8, 4) is 0 Å². The first-order chi connectivity index (χ1) is 16.9. The molecule has 0 aromatic heterocycles. The third-order valence-corrected chi connectivity index (χ3v) is 8.06. The zero-order chi connectivity index (χ0) is 24.4. The van der Waals surface area contributed by atoms with Crippen LogP contribution in [0.4, 0.5) is 5.69 Å². The van der Waals surface area contributed by atoms with E-state index in [4.69, 9.17) is 0 Å². The number of hydrogen-bond donors (Lipinski definition) is 3. The second kappa shape index (κ2) is 9.64. The van der Waals surface area contributed by atoms with Crippen molar-refractivity contribution in [3.63, 3.8) is 0 Å². The number of anilines is 1. The van der Waals surface area contributed by atoms with E-state index in [1.54, 1.807) is 36.4 Å². The first kappa shape index (κ1) is 23.3. The van der Waals surface area contributed by atoms with Crippen LogP contribution < -0.4 is 15.4 Å². The van der Waals surface area contributed by atoms with Gasteiger partial charge < -0.3 is 10.6 Å². The van der Waals surface area contributed by atoms with Crippen LogP contribution in [0.1, 0.15) is 53.6 Å². The van der Waals surface area contributed by atoms with Gasteiger partial charge in [-0.05, 0) is 66.1 Å². The maximum absolute atomic E-state index is 13.5. The van der Waals surface area contributed by atoms with Gasteiger partial charge in [-0.3, -0.25) is 9.59 Å². The van der Waals surface area contributed by atoms with E-state index in [-0.39, 0.29) is 16.8 Å². The SMILES string of the molecule is O=C1CCc2cc(S(=O)(=O)N[C@H](C(=O)N[C@H]3CCCc4ccccc43)c3ccccc3)ccc2N1. The van der Waals surface area contributed by atoms with Gasteiger partial charge in [0.25, 0.3) is 0 Å². The molecule has 2 amide bonds. The largest absolute Gasteiger partial charge is 0.348 e. The number of benzene rings is 3. The molecule has 0 spiro atoms. The summed E-state index contributed by atoms with van der Waals surface area (Å²) in [5, 5.41) is 5.85. The molecule has 1 aliphatic carbocycles. The van der Waals surface area contributed by atoms with Crippen LogP contribution in [0.2, 0.25) is 0 Å². The summed E-state index contributed by atoms with van der Waals surface area (Å²) in [6.07, 6.45) is 3.50. The Morgan fingerprint density at radius 1 is 0.914 bits per heavy atom. The van der Waals surface area contributed by atoms with Gasteiger partial charge in [-0.1, -0.05) is 54.6 Å². The van der Waals surface area contributed by atoms with Gasteiger partial charge in [-0.25, -0.2) is 8.42 Å². The molecule has 0 bridgehead atoms. The molecule has 2 atom stereocenters. The van der Waals surface area contributed by atoms with Crippen LogP contribution in [-0.4, -0.2) is 20.2 Å². The van der Waals surface area contributed by atoms with Gasteiger partial charge in [-0.15, -0.1) is 0 Å². The molecule has 0 radical (unpaired) electrons. The molecule has 0 saturated heterocycles. The highest BCUT2D eigenvalue weighted by Gasteiger charge is 2.31. The smallest absolute Gasteiger partial charge is 0.243 e. The minimum absolute atomic E-state index is 0.0594. The Morgan fingerprint density at radius 3 is 2.51 bits per heavy atom. The number of rotatable bonds is 6. The van der Waals surface area contributed by atoms with E-state index in [9.17, 15) is 18.0 Å². The van der Waals surface area contributed by atoms with E-state index in [1.165, 1.54) is 11.6 Å². The van der Waals surface area contributed by atoms with Crippen molar-refractivity contribution < 1.29 is 18.0 Å². The molecule has 1 heterocycles. The fourth-order valence-corrected chi connectivity index (χ4v) is 6.06. The summed E-state index contributed by atoms with van der Waals surface area (Å²) in [4.78, 5) is 25.2. The quantitative estimate of drug-likeness (QED) is 0.490. The number of nitrogens with one attached hydrogen (secondary N) is 3. The molecular weight excluding hydrogens is 462 g/mol. The van der Waals surface area contributed by atoms with Crippen molar-refractivity contribution in [1.29, 1.82) is 0 Å². The number of sulfonamides is 1. The van der Waals surface area contributed by atoms with Crippen LogP contribution in [-0.2, 0) is 32.5 Å². The minimum atomic E-state index is -4.02. The summed E-state index contributed by atoms with van der Waals surface area (Å²) in [7, 11) is -4.02. The lowest BCUT2D eigenvalue weighted by Crippen LogP contribution is -2.42. The number of carbonyl (C=O) groups is 2. The fourth-order valence-electron chi connectivity index (χ4n) is 4.83. The maximum atomic E-state index is 13.5. The van der Waals surface area contributed by atoms with E-state index in [1.807, 2.05) is 24.3 Å². The summed E-state index contributed by atoms with van der Waals surface area (Å²) in [6, 6.07) is 20.3. The molecule has 0 unspecified atom stereocenters. The molecule has 7 nitrogen and oxygen atoms in total. The number of hydrogen-bond acceptors (Lipinski definition) is 4. The Kier molecular flexibility index (Phi) is 6.40. The first-order valence-corrected chi connectivity index (χ1v) is 13.3. The molecule has 0 fully saturated rings. The third-order valence-electron chi connectivity index (χ3n) is 6.64. The highest BCUT2D eigenvalue weighted by Crippen LogP contribution is 2.31. The number of aryl methyl sites for hydroxylation is 2. The first-order valence-electron chi connectivity index (χ1n) is 11.8. The summed E-state index contributed by atoms with van der Waals surface area (Å²) < 4.78 is 29.4. The Hall–Kier alpha value is -3.49. The van der Waals surface area contributed by atoms with Crippen LogP contribution in [0.5, 0.6) is 0 Å². The number of carbonyl (C=O) groups excluding carboxylic acids is 2. The van der Waals surface area contributed by atoms with Gasteiger partial charge in [0.2, 0.25) is 21.8 Å². The van der Waals surface area contributed by atoms with Gasteiger partial charge >= 0.3 is 0 Å². The van der Waals surface area contributed by atoms with Crippen molar-refractivity contribution in [1.82, 2.24) is 10.0 Å². The highest BCUT2D eigenvalue weighted by atomic mass is 32.2. The van der Waals surface area contributed by atoms with Crippen LogP contribution >= 0.6 is 0 Å². The lowest BCUT2D eigenvalue weighted by atomic mass is 9.87. The zero-order valence-electron chi connectivity index (χ0n) is 19.2. The van der Waals surface area contributed by atoms with E-state index < -0.39 is 22.0 Å². The molecule has 8 heteroatoms. The zero-order valence-corrected chi connectivity index (χ0v) is 20.0. The maximum Gasteiger partial charge on any atom is 0.243 e. The highest BCUT2D eigenvalue weighted by molar-refractivity contribution is 7.89. The van der Waals surface area contributed by atoms with Crippen molar-refractivity contribution >= 4 is 27.5 Å². The van der Waals surface area contributed by atoms with Gasteiger partial charge in [0.05, 0.1) is 10.9 Å². The molecule has 3 aromatic rings. The van der Waals surface area contributed by atoms with E-state index >= 15 is 0 Å². The Bertz CT molecular complexity index is 1370. The van der Waals surface area contributed by atoms with Crippen molar-refractivity contribution in [2.75, 3.05) is 5.32 Å². The van der Waals surface area contributed by atoms with Crippen molar-refractivity contribution in [2.45, 2.75) is 49.1 Å². The van der Waals surface area contributed by atoms with Crippen molar-refractivity contribution in [3.05, 3.63) is 95.1 Å². The molecule has 0 saturated carbocycles. The molecule has 3 N–H and O–H groups in total. The number of amides is 2. The molecule has 5 rings (SSSR count). The molecule has 2 aliphatic rings. The predicted molar refractivity (Wildman–Crippen MR) is 133 cm³/mol. The fraction of sp³-hybridized carbons (Fsp3) is 0.259. The average molecular weight is 490 g/mol. The summed E-state index contributed by atoms with van der Waals surface area (Å²) in [6.45, 7) is 0. The topological polar surface area (TPSA) is 104 Å². The third kappa shape index (κ3) is 4.99. The van der Waals surface area contributed by atoms with Gasteiger partial charge in [0, 0.05) is 12.1 Å². The van der Waals surface area contributed by atoms with Crippen LogP contribution in [0, 0.1) is 0 Å². The molecule has 3 aromatic carbocycles. The van der Waals surface area contributed by atoms with E-state index in [2.05, 4.69) is 21.4 Å². The summed E-state index contributed by atoms with van der Waals surface area (Å²) in [5.41, 5.74) is 4.23. The number of fused-ring (bicyclic) bond motifs is 2. The lowest BCUT2D eigenvalue weighted by molar-refractivity contribution is -0.123. The van der Waals surface area contributed by atoms with Gasteiger partial charge in [0.15, 0.2) is 0 Å². The van der Waals surface area contributed by atoms with Crippen molar-refractivity contribution in [2.24, 2.45) is 0 Å². The molecule has 180 valence electrons. The monoisotopic (exact) mass is 489 g/mol. The van der Waals surface area contributed by atoms with Crippen LogP contribution in [0.3, 0.4) is 0 Å². The summed E-state index contributed by atoms with van der Waals surface area (Å²) in [5.74, 6) is -0.483. The lowest BCUT2D eigenvalue weighted by Gasteiger charge is -2.28. The second-order valence-corrected chi connectivity index (χ2v) is 10.7. The van der Waals surface area contributed by atoms with Gasteiger partial charge in [0.1, 0.15) is 6.04 Å². The van der Waals surface area contributed by atoms with Gasteiger partial charge in [-0.2, -0.15) is 4.72 Å². The molecule has 35 heavy (non-hydrogen) atoms. The predicted octanol–water partition coefficient (Wildman–Crippen LogP) is 3.78.